The van der Waals surface area contributed by atoms with E-state index in [0.717, 1.165) is 16.0 Å². The molecule has 3 rings (SSSR count). The van der Waals surface area contributed by atoms with Gasteiger partial charge in [-0.2, -0.15) is 26.3 Å². The van der Waals surface area contributed by atoms with Gasteiger partial charge in [0, 0.05) is 38.3 Å². The number of ether oxygens (including phenoxy) is 2. The summed E-state index contributed by atoms with van der Waals surface area (Å²) < 4.78 is 85.8. The van der Waals surface area contributed by atoms with Gasteiger partial charge in [-0.15, -0.1) is 0 Å². The van der Waals surface area contributed by atoms with Crippen molar-refractivity contribution in [2.24, 2.45) is 5.92 Å². The first kappa shape index (κ1) is 26.9. The fourth-order valence-electron chi connectivity index (χ4n) is 4.18. The number of alkyl halides is 6. The van der Waals surface area contributed by atoms with Gasteiger partial charge in [0.15, 0.2) is 0 Å². The zero-order valence-electron chi connectivity index (χ0n) is 18.9. The van der Waals surface area contributed by atoms with Crippen LogP contribution >= 0.6 is 0 Å². The lowest BCUT2D eigenvalue weighted by molar-refractivity contribution is -0.308. The van der Waals surface area contributed by atoms with Crippen LogP contribution in [0.5, 0.6) is 5.75 Å². The number of piperazine rings is 1. The molecule has 2 fully saturated rings. The minimum Gasteiger partial charge on any atom is -0.490 e. The number of benzene rings is 1. The van der Waals surface area contributed by atoms with Gasteiger partial charge in [0.05, 0.1) is 12.0 Å². The predicted molar refractivity (Wildman–Crippen MR) is 110 cm³/mol. The Morgan fingerprint density at radius 3 is 2.23 bits per heavy atom. The van der Waals surface area contributed by atoms with Crippen molar-refractivity contribution in [2.45, 2.75) is 57.3 Å². The molecule has 1 amide bonds. The number of hydrogen-bond donors (Lipinski definition) is 1. The number of nitrogens with zero attached hydrogens (tertiary/aromatic N) is 2. The lowest BCUT2D eigenvalue weighted by atomic mass is 10.1. The van der Waals surface area contributed by atoms with E-state index in [1.165, 1.54) is 0 Å². The molecule has 1 saturated carbocycles. The highest BCUT2D eigenvalue weighted by molar-refractivity contribution is 5.70. The Hall–Kier alpha value is -2.70. The highest BCUT2D eigenvalue weighted by atomic mass is 19.4. The Kier molecular flexibility index (Phi) is 8.07. The molecule has 2 atom stereocenters. The van der Waals surface area contributed by atoms with E-state index < -0.39 is 36.4 Å². The van der Waals surface area contributed by atoms with Gasteiger partial charge in [-0.1, -0.05) is 12.1 Å². The van der Waals surface area contributed by atoms with Crippen molar-refractivity contribution in [1.29, 1.82) is 0 Å². The van der Waals surface area contributed by atoms with Crippen LogP contribution in [0.25, 0.3) is 0 Å². The number of aryl methyl sites for hydroxylation is 1. The van der Waals surface area contributed by atoms with Crippen LogP contribution in [0.15, 0.2) is 18.2 Å². The van der Waals surface area contributed by atoms with E-state index in [4.69, 9.17) is 4.74 Å². The molecule has 1 heterocycles. The Bertz CT molecular complexity index is 901. The fraction of sp³-hybridized carbons (Fsp3) is 0.636. The van der Waals surface area contributed by atoms with Crippen LogP contribution in [0.3, 0.4) is 0 Å². The zero-order valence-corrected chi connectivity index (χ0v) is 18.9. The largest absolute Gasteiger partial charge is 0.490 e. The number of carbonyl (C=O) groups is 2. The van der Waals surface area contributed by atoms with Crippen molar-refractivity contribution in [3.63, 3.8) is 0 Å². The van der Waals surface area contributed by atoms with Gasteiger partial charge in [-0.25, -0.2) is 4.79 Å². The maximum atomic E-state index is 12.7. The van der Waals surface area contributed by atoms with Crippen molar-refractivity contribution in [3.8, 4) is 5.75 Å². The molecular formula is C22H26F6N2O5. The molecule has 35 heavy (non-hydrogen) atoms. The van der Waals surface area contributed by atoms with Crippen LogP contribution < -0.4 is 4.74 Å². The standard InChI is InChI=1S/C22H26F6N2O5/c1-13-2-3-15(17(10-13)34-16-5-4-14(11-16)18(31)32)12-29-6-8-30(9-7-29)20(33)35-19(21(23,24)25)22(26,27)28/h2-3,10,14,16,19H,4-9,11-12H2,1H3,(H,31,32)/t14-,16-/m1/s1. The summed E-state index contributed by atoms with van der Waals surface area (Å²) in [6.45, 7) is 2.45. The summed E-state index contributed by atoms with van der Waals surface area (Å²) >= 11 is 0. The molecule has 0 unspecified atom stereocenters. The molecule has 1 aliphatic heterocycles. The Morgan fingerprint density at radius 1 is 1.06 bits per heavy atom. The topological polar surface area (TPSA) is 79.3 Å². The van der Waals surface area contributed by atoms with Gasteiger partial charge < -0.3 is 19.5 Å². The van der Waals surface area contributed by atoms with Crippen molar-refractivity contribution in [2.75, 3.05) is 26.2 Å². The van der Waals surface area contributed by atoms with Gasteiger partial charge in [0.25, 0.3) is 6.10 Å². The number of rotatable bonds is 6. The monoisotopic (exact) mass is 512 g/mol. The summed E-state index contributed by atoms with van der Waals surface area (Å²) in [6, 6.07) is 5.57. The van der Waals surface area contributed by atoms with E-state index in [0.29, 0.717) is 31.6 Å². The lowest BCUT2D eigenvalue weighted by Gasteiger charge is -2.35. The van der Waals surface area contributed by atoms with Gasteiger partial charge in [0.1, 0.15) is 5.75 Å². The third kappa shape index (κ3) is 7.15. The minimum absolute atomic E-state index is 0.105. The first-order valence-corrected chi connectivity index (χ1v) is 11.0. The first-order valence-electron chi connectivity index (χ1n) is 11.0. The third-order valence-corrected chi connectivity index (χ3v) is 6.09. The summed E-state index contributed by atoms with van der Waals surface area (Å²) in [5.74, 6) is -0.704. The van der Waals surface area contributed by atoms with Crippen molar-refractivity contribution in [1.82, 2.24) is 9.80 Å². The van der Waals surface area contributed by atoms with Crippen LogP contribution in [0, 0.1) is 12.8 Å². The second kappa shape index (κ2) is 10.5. The van der Waals surface area contributed by atoms with Gasteiger partial charge >= 0.3 is 24.4 Å². The molecule has 1 N–H and O–H groups in total. The number of aliphatic carboxylic acids is 1. The van der Waals surface area contributed by atoms with E-state index in [9.17, 15) is 41.0 Å². The van der Waals surface area contributed by atoms with Crippen LogP contribution in [0.4, 0.5) is 31.1 Å². The van der Waals surface area contributed by atoms with E-state index in [-0.39, 0.29) is 32.3 Å². The Morgan fingerprint density at radius 2 is 1.69 bits per heavy atom. The van der Waals surface area contributed by atoms with Crippen molar-refractivity contribution < 1.29 is 50.5 Å². The number of carboxylic acids is 1. The molecule has 1 aromatic rings. The third-order valence-electron chi connectivity index (χ3n) is 6.09. The van der Waals surface area contributed by atoms with Gasteiger partial charge in [-0.05, 0) is 37.8 Å². The van der Waals surface area contributed by atoms with Crippen LogP contribution in [0.2, 0.25) is 0 Å². The molecule has 2 aliphatic rings. The normalized spacial score (nSPS) is 21.9. The molecule has 0 bridgehead atoms. The maximum Gasteiger partial charge on any atom is 0.434 e. The average Bonchev–Trinajstić information content (AvgIpc) is 3.21. The molecule has 13 heteroatoms. The van der Waals surface area contributed by atoms with Crippen LogP contribution in [0.1, 0.15) is 30.4 Å². The first-order chi connectivity index (χ1) is 16.2. The summed E-state index contributed by atoms with van der Waals surface area (Å²) in [5.41, 5.74) is 1.74. The zero-order chi connectivity index (χ0) is 26.0. The number of halogens is 6. The SMILES string of the molecule is Cc1ccc(CN2CCN(C(=O)OC(C(F)(F)F)C(F)(F)F)CC2)c(O[C@@H]2CC[C@@H](C(=O)O)C2)c1. The van der Waals surface area contributed by atoms with E-state index in [2.05, 4.69) is 4.74 Å². The molecule has 1 saturated heterocycles. The fourth-order valence-corrected chi connectivity index (χ4v) is 4.18. The van der Waals surface area contributed by atoms with E-state index >= 15 is 0 Å². The summed E-state index contributed by atoms with van der Waals surface area (Å²) in [4.78, 5) is 25.9. The van der Waals surface area contributed by atoms with Crippen molar-refractivity contribution in [3.05, 3.63) is 29.3 Å². The number of hydrogen-bond acceptors (Lipinski definition) is 5. The molecule has 196 valence electrons. The summed E-state index contributed by atoms with van der Waals surface area (Å²) in [7, 11) is 0. The van der Waals surface area contributed by atoms with Gasteiger partial charge in [-0.3, -0.25) is 9.69 Å². The number of carboxylic acid groups (broad SMARTS) is 1. The lowest BCUT2D eigenvalue weighted by Crippen LogP contribution is -2.52. The minimum atomic E-state index is -5.76. The Labute approximate surface area is 197 Å². The molecule has 0 spiro atoms. The molecular weight excluding hydrogens is 486 g/mol. The molecule has 0 radical (unpaired) electrons. The quantitative estimate of drug-likeness (QED) is 0.571. The maximum absolute atomic E-state index is 12.7. The van der Waals surface area contributed by atoms with E-state index in [1.807, 2.05) is 30.0 Å². The smallest absolute Gasteiger partial charge is 0.434 e. The molecule has 0 aromatic heterocycles. The average molecular weight is 512 g/mol. The molecule has 7 nitrogen and oxygen atoms in total. The second-order valence-electron chi connectivity index (χ2n) is 8.81. The van der Waals surface area contributed by atoms with Crippen LogP contribution in [-0.2, 0) is 16.1 Å². The second-order valence-corrected chi connectivity index (χ2v) is 8.81. The van der Waals surface area contributed by atoms with E-state index in [1.54, 1.807) is 0 Å². The summed E-state index contributed by atoms with van der Waals surface area (Å²) in [6.07, 6.45) is -16.1. The number of carbonyl (C=O) groups excluding carboxylic acids is 1. The Balaban J connectivity index is 1.57. The summed E-state index contributed by atoms with van der Waals surface area (Å²) in [5, 5.41) is 9.19. The van der Waals surface area contributed by atoms with Crippen molar-refractivity contribution >= 4 is 12.1 Å². The highest BCUT2D eigenvalue weighted by Crippen LogP contribution is 2.36. The predicted octanol–water partition coefficient (Wildman–Crippen LogP) is 4.37. The number of amides is 1. The molecule has 1 aliphatic carbocycles. The van der Waals surface area contributed by atoms with Gasteiger partial charge in [0.2, 0.25) is 0 Å². The van der Waals surface area contributed by atoms with Crippen LogP contribution in [-0.4, -0.2) is 77.7 Å². The molecule has 1 aromatic carbocycles. The highest BCUT2D eigenvalue weighted by Gasteiger charge is 2.60.